The highest BCUT2D eigenvalue weighted by molar-refractivity contribution is 5.96. The number of carbonyl (C=O) groups is 2. The Hall–Kier alpha value is -1.16. The Bertz CT molecular complexity index is 257. The summed E-state index contributed by atoms with van der Waals surface area (Å²) in [5.74, 6) is -0.697. The van der Waals surface area contributed by atoms with Crippen LogP contribution in [0, 0.1) is 0 Å². The first-order valence-corrected chi connectivity index (χ1v) is 4.64. The van der Waals surface area contributed by atoms with Crippen molar-refractivity contribution in [3.63, 3.8) is 0 Å². The summed E-state index contributed by atoms with van der Waals surface area (Å²) in [6.07, 6.45) is 2.53. The maximum atomic E-state index is 11.1. The number of cyclic esters (lactones) is 1. The van der Waals surface area contributed by atoms with Crippen LogP contribution in [0.3, 0.4) is 0 Å². The molecule has 1 N–H and O–H groups in total. The second-order valence-corrected chi connectivity index (χ2v) is 3.45. The van der Waals surface area contributed by atoms with Crippen LogP contribution in [0.25, 0.3) is 0 Å². The van der Waals surface area contributed by atoms with Gasteiger partial charge in [-0.25, -0.2) is 0 Å². The maximum Gasteiger partial charge on any atom is 0.313 e. The quantitative estimate of drug-likeness (QED) is 0.351. The molecule has 0 radical (unpaired) electrons. The lowest BCUT2D eigenvalue weighted by Gasteiger charge is -2.16. The zero-order chi connectivity index (χ0) is 10.6. The van der Waals surface area contributed by atoms with Crippen molar-refractivity contribution >= 4 is 11.8 Å². The normalized spacial score (nSPS) is 32.1. The van der Waals surface area contributed by atoms with E-state index in [0.717, 1.165) is 0 Å². The molecular formula is C10H14O4. The van der Waals surface area contributed by atoms with Crippen LogP contribution in [0.1, 0.15) is 26.2 Å². The first-order chi connectivity index (χ1) is 6.58. The molecule has 0 aromatic carbocycles. The Morgan fingerprint density at radius 3 is 2.93 bits per heavy atom. The van der Waals surface area contributed by atoms with Crippen LogP contribution in [0.4, 0.5) is 0 Å². The number of carbonyl (C=O) groups excluding carboxylic acids is 2. The van der Waals surface area contributed by atoms with Gasteiger partial charge < -0.3 is 9.84 Å². The van der Waals surface area contributed by atoms with Crippen LogP contribution < -0.4 is 0 Å². The summed E-state index contributed by atoms with van der Waals surface area (Å²) >= 11 is 0. The predicted molar refractivity (Wildman–Crippen MR) is 49.6 cm³/mol. The molecule has 1 heterocycles. The smallest absolute Gasteiger partial charge is 0.313 e. The number of rotatable bonds is 0. The highest BCUT2D eigenvalue weighted by atomic mass is 16.5. The fourth-order valence-electron chi connectivity index (χ4n) is 1.32. The van der Waals surface area contributed by atoms with E-state index in [2.05, 4.69) is 0 Å². The summed E-state index contributed by atoms with van der Waals surface area (Å²) < 4.78 is 4.91. The second-order valence-electron chi connectivity index (χ2n) is 3.45. The molecule has 1 rings (SSSR count). The van der Waals surface area contributed by atoms with E-state index in [1.165, 1.54) is 0 Å². The number of esters is 1. The first kappa shape index (κ1) is 10.9. The molecule has 78 valence electrons. The average Bonchev–Trinajstić information content (AvgIpc) is 2.01. The molecule has 0 aromatic heterocycles. The van der Waals surface area contributed by atoms with Crippen molar-refractivity contribution in [3.05, 3.63) is 12.2 Å². The number of ether oxygens (including phenoxy) is 1. The topological polar surface area (TPSA) is 63.6 Å². The largest absolute Gasteiger partial charge is 0.462 e. The van der Waals surface area contributed by atoms with Gasteiger partial charge in [-0.1, -0.05) is 12.2 Å². The zero-order valence-electron chi connectivity index (χ0n) is 8.10. The monoisotopic (exact) mass is 198 g/mol. The Morgan fingerprint density at radius 1 is 1.50 bits per heavy atom. The van der Waals surface area contributed by atoms with E-state index >= 15 is 0 Å². The summed E-state index contributed by atoms with van der Waals surface area (Å²) in [5.41, 5.74) is 0. The lowest BCUT2D eigenvalue weighted by molar-refractivity contribution is -0.151. The van der Waals surface area contributed by atoms with E-state index in [1.54, 1.807) is 19.1 Å². The van der Waals surface area contributed by atoms with Crippen LogP contribution in [0.5, 0.6) is 0 Å². The van der Waals surface area contributed by atoms with Crippen molar-refractivity contribution in [1.82, 2.24) is 0 Å². The third-order valence-corrected chi connectivity index (χ3v) is 1.95. The third-order valence-electron chi connectivity index (χ3n) is 1.95. The van der Waals surface area contributed by atoms with Crippen LogP contribution in [-0.2, 0) is 14.3 Å². The molecule has 14 heavy (non-hydrogen) atoms. The van der Waals surface area contributed by atoms with E-state index in [0.29, 0.717) is 6.42 Å². The van der Waals surface area contributed by atoms with Gasteiger partial charge in [0.1, 0.15) is 18.3 Å². The molecule has 2 atom stereocenters. The number of aliphatic hydroxyl groups is 1. The summed E-state index contributed by atoms with van der Waals surface area (Å²) in [6.45, 7) is 1.70. The highest BCUT2D eigenvalue weighted by Crippen LogP contribution is 2.08. The van der Waals surface area contributed by atoms with Gasteiger partial charge in [0.05, 0.1) is 6.10 Å². The Balaban J connectivity index is 2.65. The van der Waals surface area contributed by atoms with E-state index in [1.807, 2.05) is 0 Å². The van der Waals surface area contributed by atoms with Crippen molar-refractivity contribution in [1.29, 1.82) is 0 Å². The fourth-order valence-corrected chi connectivity index (χ4v) is 1.32. The minimum Gasteiger partial charge on any atom is -0.462 e. The van der Waals surface area contributed by atoms with Crippen LogP contribution in [0.2, 0.25) is 0 Å². The predicted octanol–water partition coefficient (Wildman–Crippen LogP) is 0.588. The number of allylic oxidation sites excluding steroid dienone is 1. The van der Waals surface area contributed by atoms with Gasteiger partial charge in [-0.15, -0.1) is 0 Å². The molecule has 0 aromatic rings. The highest BCUT2D eigenvalue weighted by Gasteiger charge is 2.16. The van der Waals surface area contributed by atoms with Crippen molar-refractivity contribution < 1.29 is 19.4 Å². The van der Waals surface area contributed by atoms with Crippen molar-refractivity contribution in [2.45, 2.75) is 38.4 Å². The number of hydrogen-bond donors (Lipinski definition) is 1. The Kier molecular flexibility index (Phi) is 3.83. The van der Waals surface area contributed by atoms with Gasteiger partial charge >= 0.3 is 5.97 Å². The Labute approximate surface area is 82.6 Å². The summed E-state index contributed by atoms with van der Waals surface area (Å²) in [7, 11) is 0. The van der Waals surface area contributed by atoms with Crippen LogP contribution in [0.15, 0.2) is 12.2 Å². The number of hydrogen-bond acceptors (Lipinski definition) is 4. The van der Waals surface area contributed by atoms with Crippen molar-refractivity contribution in [3.8, 4) is 0 Å². The first-order valence-electron chi connectivity index (χ1n) is 4.64. The standard InChI is InChI=1S/C10H14O4/c1-7-5-8(11)3-2-4-9(12)6-10(13)14-7/h2-3,7-8,11H,4-6H2,1H3/b3-2+/t7-,8?/m1/s1. The molecule has 4 nitrogen and oxygen atoms in total. The minimum absolute atomic E-state index is 0.176. The van der Waals surface area contributed by atoms with Gasteiger partial charge in [-0.05, 0) is 6.92 Å². The second kappa shape index (κ2) is 4.91. The van der Waals surface area contributed by atoms with Crippen molar-refractivity contribution in [2.75, 3.05) is 0 Å². The minimum atomic E-state index is -0.649. The molecule has 0 saturated carbocycles. The fraction of sp³-hybridized carbons (Fsp3) is 0.600. The van der Waals surface area contributed by atoms with E-state index in [-0.39, 0.29) is 24.7 Å². The number of aliphatic hydroxyl groups excluding tert-OH is 1. The molecule has 1 unspecified atom stereocenters. The zero-order valence-corrected chi connectivity index (χ0v) is 8.10. The molecule has 0 spiro atoms. The molecule has 0 fully saturated rings. The summed E-state index contributed by atoms with van der Waals surface area (Å²) in [5, 5.41) is 9.38. The molecular weight excluding hydrogens is 184 g/mol. The van der Waals surface area contributed by atoms with E-state index in [9.17, 15) is 14.7 Å². The molecule has 0 aliphatic carbocycles. The molecule has 0 saturated heterocycles. The van der Waals surface area contributed by atoms with E-state index in [4.69, 9.17) is 4.74 Å². The van der Waals surface area contributed by atoms with Gasteiger partial charge in [-0.2, -0.15) is 0 Å². The van der Waals surface area contributed by atoms with Gasteiger partial charge in [0, 0.05) is 12.8 Å². The molecule has 0 bridgehead atoms. The lowest BCUT2D eigenvalue weighted by Crippen LogP contribution is -2.22. The molecule has 1 aliphatic rings. The SMILES string of the molecule is C[C@@H]1CC(O)/C=C/CC(=O)CC(=O)O1. The van der Waals surface area contributed by atoms with Gasteiger partial charge in [0.15, 0.2) is 0 Å². The van der Waals surface area contributed by atoms with Crippen molar-refractivity contribution in [2.24, 2.45) is 0 Å². The molecule has 1 aliphatic heterocycles. The van der Waals surface area contributed by atoms with Gasteiger partial charge in [0.2, 0.25) is 0 Å². The average molecular weight is 198 g/mol. The maximum absolute atomic E-state index is 11.1. The lowest BCUT2D eigenvalue weighted by atomic mass is 10.1. The van der Waals surface area contributed by atoms with Gasteiger partial charge in [0.25, 0.3) is 0 Å². The molecule has 4 heteroatoms. The van der Waals surface area contributed by atoms with Crippen LogP contribution in [-0.4, -0.2) is 29.1 Å². The summed E-state index contributed by atoms with van der Waals surface area (Å²) in [4.78, 5) is 22.2. The van der Waals surface area contributed by atoms with E-state index < -0.39 is 12.1 Å². The van der Waals surface area contributed by atoms with Gasteiger partial charge in [-0.3, -0.25) is 9.59 Å². The number of Topliss-reactive ketones (excluding diaryl/α,β-unsaturated/α-hetero) is 1. The Morgan fingerprint density at radius 2 is 2.21 bits per heavy atom. The third kappa shape index (κ3) is 3.70. The van der Waals surface area contributed by atoms with Crippen LogP contribution >= 0.6 is 0 Å². The number of ketones is 1. The summed E-state index contributed by atoms with van der Waals surface area (Å²) in [6, 6.07) is 0. The molecule has 0 amide bonds.